The zero-order valence-electron chi connectivity index (χ0n) is 20.4. The summed E-state index contributed by atoms with van der Waals surface area (Å²) in [7, 11) is 0. The molecule has 2 aromatic rings. The summed E-state index contributed by atoms with van der Waals surface area (Å²) in [6, 6.07) is 11.2. The lowest BCUT2D eigenvalue weighted by molar-refractivity contribution is -0.157. The van der Waals surface area contributed by atoms with Gasteiger partial charge in [-0.2, -0.15) is 0 Å². The number of piperidine rings is 1. The standard InChI is InChI=1S/C27H31F2N3O4/c1-19-3-2-4-20(15-19)17-30-11-13-31(14-12-30)25(33)18-36-27(35)21-7-9-32(10-8-21)26(34)23-6-5-22(28)16-24(23)29/h2-6,15-16,21H,7-14,17-18H2,1H3. The lowest BCUT2D eigenvalue weighted by Gasteiger charge is -2.35. The number of hydrogen-bond donors (Lipinski definition) is 0. The van der Waals surface area contributed by atoms with E-state index in [4.69, 9.17) is 4.74 Å². The molecule has 2 saturated heterocycles. The van der Waals surface area contributed by atoms with Gasteiger partial charge in [0.15, 0.2) is 6.61 Å². The van der Waals surface area contributed by atoms with Gasteiger partial charge in [-0.1, -0.05) is 29.8 Å². The molecule has 2 aliphatic heterocycles. The number of carbonyl (C=O) groups is 3. The first-order valence-electron chi connectivity index (χ1n) is 12.3. The van der Waals surface area contributed by atoms with Crippen molar-refractivity contribution in [1.82, 2.24) is 14.7 Å². The van der Waals surface area contributed by atoms with Crippen molar-refractivity contribution >= 4 is 17.8 Å². The lowest BCUT2D eigenvalue weighted by atomic mass is 9.96. The van der Waals surface area contributed by atoms with E-state index < -0.39 is 29.4 Å². The van der Waals surface area contributed by atoms with Crippen LogP contribution < -0.4 is 0 Å². The van der Waals surface area contributed by atoms with Crippen molar-refractivity contribution < 1.29 is 27.9 Å². The van der Waals surface area contributed by atoms with E-state index in [-0.39, 0.29) is 31.2 Å². The molecule has 0 unspecified atom stereocenters. The van der Waals surface area contributed by atoms with Gasteiger partial charge >= 0.3 is 5.97 Å². The normalized spacial score (nSPS) is 17.2. The molecular weight excluding hydrogens is 468 g/mol. The Morgan fingerprint density at radius 2 is 1.64 bits per heavy atom. The van der Waals surface area contributed by atoms with Gasteiger partial charge in [-0.05, 0) is 37.5 Å². The van der Waals surface area contributed by atoms with Crippen LogP contribution in [0.15, 0.2) is 42.5 Å². The van der Waals surface area contributed by atoms with Crippen LogP contribution in [0.5, 0.6) is 0 Å². The van der Waals surface area contributed by atoms with Crippen LogP contribution in [0, 0.1) is 24.5 Å². The Morgan fingerprint density at radius 1 is 0.917 bits per heavy atom. The Morgan fingerprint density at radius 3 is 2.31 bits per heavy atom. The van der Waals surface area contributed by atoms with Gasteiger partial charge in [0.05, 0.1) is 11.5 Å². The highest BCUT2D eigenvalue weighted by Crippen LogP contribution is 2.22. The molecule has 2 fully saturated rings. The van der Waals surface area contributed by atoms with Gasteiger partial charge in [0.1, 0.15) is 11.6 Å². The van der Waals surface area contributed by atoms with E-state index in [1.807, 2.05) is 6.07 Å². The predicted octanol–water partition coefficient (Wildman–Crippen LogP) is 3.01. The number of rotatable bonds is 6. The molecule has 0 radical (unpaired) electrons. The monoisotopic (exact) mass is 499 g/mol. The number of hydrogen-bond acceptors (Lipinski definition) is 5. The van der Waals surface area contributed by atoms with E-state index in [0.29, 0.717) is 32.0 Å². The van der Waals surface area contributed by atoms with Crippen molar-refractivity contribution in [2.75, 3.05) is 45.9 Å². The number of amides is 2. The zero-order chi connectivity index (χ0) is 25.7. The topological polar surface area (TPSA) is 70.2 Å². The van der Waals surface area contributed by atoms with Crippen molar-refractivity contribution in [3.05, 3.63) is 70.8 Å². The maximum Gasteiger partial charge on any atom is 0.309 e. The lowest BCUT2D eigenvalue weighted by Crippen LogP contribution is -2.49. The third-order valence-corrected chi connectivity index (χ3v) is 6.83. The molecule has 0 atom stereocenters. The summed E-state index contributed by atoms with van der Waals surface area (Å²) < 4.78 is 32.3. The van der Waals surface area contributed by atoms with Crippen molar-refractivity contribution in [2.24, 2.45) is 5.92 Å². The molecule has 36 heavy (non-hydrogen) atoms. The van der Waals surface area contributed by atoms with Crippen LogP contribution in [-0.4, -0.2) is 78.4 Å². The first-order chi connectivity index (χ1) is 17.3. The van der Waals surface area contributed by atoms with Crippen LogP contribution in [0.2, 0.25) is 0 Å². The highest BCUT2D eigenvalue weighted by Gasteiger charge is 2.31. The molecule has 2 aliphatic rings. The number of likely N-dealkylation sites (tertiary alicyclic amines) is 1. The molecule has 0 aromatic heterocycles. The average Bonchev–Trinajstić information content (AvgIpc) is 2.87. The Bertz CT molecular complexity index is 1110. The fourth-order valence-corrected chi connectivity index (χ4v) is 4.72. The van der Waals surface area contributed by atoms with Crippen molar-refractivity contribution in [3.8, 4) is 0 Å². The van der Waals surface area contributed by atoms with Crippen molar-refractivity contribution in [3.63, 3.8) is 0 Å². The van der Waals surface area contributed by atoms with E-state index in [1.54, 1.807) is 4.90 Å². The Balaban J connectivity index is 1.17. The maximum absolute atomic E-state index is 13.9. The van der Waals surface area contributed by atoms with Crippen LogP contribution in [0.3, 0.4) is 0 Å². The van der Waals surface area contributed by atoms with Gasteiger partial charge in [0.25, 0.3) is 11.8 Å². The van der Waals surface area contributed by atoms with E-state index >= 15 is 0 Å². The number of esters is 1. The molecule has 4 rings (SSSR count). The van der Waals surface area contributed by atoms with Crippen LogP contribution in [0.25, 0.3) is 0 Å². The second-order valence-electron chi connectivity index (χ2n) is 9.44. The summed E-state index contributed by atoms with van der Waals surface area (Å²) in [4.78, 5) is 43.1. The van der Waals surface area contributed by atoms with Crippen molar-refractivity contribution in [2.45, 2.75) is 26.3 Å². The second-order valence-corrected chi connectivity index (χ2v) is 9.44. The van der Waals surface area contributed by atoms with E-state index in [0.717, 1.165) is 31.8 Å². The minimum Gasteiger partial charge on any atom is -0.455 e. The fraction of sp³-hybridized carbons (Fsp3) is 0.444. The molecule has 0 N–H and O–H groups in total. The van der Waals surface area contributed by atoms with E-state index in [9.17, 15) is 23.2 Å². The van der Waals surface area contributed by atoms with Crippen LogP contribution in [0.4, 0.5) is 8.78 Å². The maximum atomic E-state index is 13.9. The van der Waals surface area contributed by atoms with Gasteiger partial charge < -0.3 is 14.5 Å². The molecule has 0 saturated carbocycles. The predicted molar refractivity (Wildman–Crippen MR) is 129 cm³/mol. The Labute approximate surface area is 209 Å². The second kappa shape index (κ2) is 11.6. The minimum atomic E-state index is -0.906. The average molecular weight is 500 g/mol. The quantitative estimate of drug-likeness (QED) is 0.572. The molecule has 9 heteroatoms. The summed E-state index contributed by atoms with van der Waals surface area (Å²) >= 11 is 0. The van der Waals surface area contributed by atoms with Gasteiger partial charge in [-0.25, -0.2) is 8.78 Å². The Hall–Kier alpha value is -3.33. The highest BCUT2D eigenvalue weighted by molar-refractivity contribution is 5.94. The molecule has 0 aliphatic carbocycles. The first-order valence-corrected chi connectivity index (χ1v) is 12.3. The third-order valence-electron chi connectivity index (χ3n) is 6.83. The fourth-order valence-electron chi connectivity index (χ4n) is 4.72. The smallest absolute Gasteiger partial charge is 0.309 e. The number of halogens is 2. The van der Waals surface area contributed by atoms with E-state index in [1.165, 1.54) is 16.0 Å². The Kier molecular flexibility index (Phi) is 8.30. The summed E-state index contributed by atoms with van der Waals surface area (Å²) in [5.74, 6) is -3.28. The minimum absolute atomic E-state index is 0.193. The molecule has 0 spiro atoms. The molecular formula is C27H31F2N3O4. The van der Waals surface area contributed by atoms with Crippen LogP contribution in [-0.2, 0) is 20.9 Å². The van der Waals surface area contributed by atoms with E-state index in [2.05, 4.69) is 30.0 Å². The molecule has 2 aromatic carbocycles. The summed E-state index contributed by atoms with van der Waals surface area (Å²) in [5, 5.41) is 0. The van der Waals surface area contributed by atoms with Crippen molar-refractivity contribution in [1.29, 1.82) is 0 Å². The van der Waals surface area contributed by atoms with Gasteiger partial charge in [-0.15, -0.1) is 0 Å². The number of ether oxygens (including phenoxy) is 1. The first kappa shape index (κ1) is 25.8. The number of benzene rings is 2. The third kappa shape index (κ3) is 6.46. The highest BCUT2D eigenvalue weighted by atomic mass is 19.1. The molecule has 7 nitrogen and oxygen atoms in total. The van der Waals surface area contributed by atoms with Gasteiger partial charge in [-0.3, -0.25) is 19.3 Å². The number of nitrogens with zero attached hydrogens (tertiary/aromatic N) is 3. The summed E-state index contributed by atoms with van der Waals surface area (Å²) in [6.45, 7) is 5.82. The molecule has 192 valence electrons. The zero-order valence-corrected chi connectivity index (χ0v) is 20.4. The molecule has 2 amide bonds. The number of carbonyl (C=O) groups excluding carboxylic acids is 3. The van der Waals surface area contributed by atoms with Gasteiger partial charge in [0, 0.05) is 51.9 Å². The number of piperazine rings is 1. The molecule has 2 heterocycles. The van der Waals surface area contributed by atoms with Gasteiger partial charge in [0.2, 0.25) is 0 Å². The van der Waals surface area contributed by atoms with Crippen LogP contribution in [0.1, 0.15) is 34.3 Å². The SMILES string of the molecule is Cc1cccc(CN2CCN(C(=O)COC(=O)C3CCN(C(=O)c4ccc(F)cc4F)CC3)CC2)c1. The van der Waals surface area contributed by atoms with Crippen LogP contribution >= 0.6 is 0 Å². The summed E-state index contributed by atoms with van der Waals surface area (Å²) in [6.07, 6.45) is 0.721. The number of aryl methyl sites for hydroxylation is 1. The summed E-state index contributed by atoms with van der Waals surface area (Å²) in [5.41, 5.74) is 2.28. The molecule has 0 bridgehead atoms. The largest absolute Gasteiger partial charge is 0.455 e.